The average Bonchev–Trinajstić information content (AvgIpc) is 3.16. The molecule has 148 valence electrons. The van der Waals surface area contributed by atoms with Gasteiger partial charge in [-0.3, -0.25) is 4.79 Å². The van der Waals surface area contributed by atoms with Crippen LogP contribution in [0.15, 0.2) is 57.3 Å². The third-order valence-corrected chi connectivity index (χ3v) is 6.02. The Morgan fingerprint density at radius 3 is 2.79 bits per heavy atom. The maximum Gasteiger partial charge on any atom is 0.253 e. The van der Waals surface area contributed by atoms with E-state index in [1.54, 1.807) is 11.3 Å². The van der Waals surface area contributed by atoms with Gasteiger partial charge in [0.15, 0.2) is 0 Å². The topological polar surface area (TPSA) is 89.4 Å². The lowest BCUT2D eigenvalue weighted by molar-refractivity contribution is -0.130. The summed E-state index contributed by atoms with van der Waals surface area (Å²) in [5.41, 5.74) is 3.09. The van der Waals surface area contributed by atoms with Crippen molar-refractivity contribution in [3.8, 4) is 0 Å². The fraction of sp³-hybridized carbons (Fsp3) is 0.350. The number of hydrogen-bond donors (Lipinski definition) is 0. The number of benzene rings is 1. The third kappa shape index (κ3) is 3.69. The summed E-state index contributed by atoms with van der Waals surface area (Å²) in [5.74, 6) is 0.857. The van der Waals surface area contributed by atoms with Crippen LogP contribution in [0.5, 0.6) is 0 Å². The number of hydrazone groups is 1. The van der Waals surface area contributed by atoms with Gasteiger partial charge in [0.2, 0.25) is 5.16 Å². The van der Waals surface area contributed by atoms with Crippen LogP contribution < -0.4 is 0 Å². The molecule has 1 unspecified atom stereocenters. The monoisotopic (exact) mass is 408 g/mol. The van der Waals surface area contributed by atoms with Gasteiger partial charge in [-0.25, -0.2) is 9.69 Å². The van der Waals surface area contributed by atoms with Gasteiger partial charge >= 0.3 is 0 Å². The van der Waals surface area contributed by atoms with E-state index in [2.05, 4.69) is 32.8 Å². The normalized spacial score (nSPS) is 18.9. The zero-order valence-corrected chi connectivity index (χ0v) is 16.7. The van der Waals surface area contributed by atoms with Crippen molar-refractivity contribution in [1.82, 2.24) is 25.2 Å². The van der Waals surface area contributed by atoms with Gasteiger partial charge in [-0.2, -0.15) is 5.10 Å². The van der Waals surface area contributed by atoms with E-state index < -0.39 is 0 Å². The van der Waals surface area contributed by atoms with Crippen molar-refractivity contribution in [1.29, 1.82) is 0 Å². The number of aryl methyl sites for hydroxylation is 1. The molecule has 29 heavy (non-hydrogen) atoms. The zero-order chi connectivity index (χ0) is 19.8. The predicted molar refractivity (Wildman–Crippen MR) is 107 cm³/mol. The van der Waals surface area contributed by atoms with Crippen molar-refractivity contribution < 1.29 is 9.21 Å². The van der Waals surface area contributed by atoms with Crippen LogP contribution in [-0.2, 0) is 4.79 Å². The van der Waals surface area contributed by atoms with Crippen molar-refractivity contribution in [3.63, 3.8) is 0 Å². The minimum atomic E-state index is -0.242. The number of rotatable bonds is 6. The summed E-state index contributed by atoms with van der Waals surface area (Å²) >= 11 is 1.35. The molecule has 1 atom stereocenters. The Hall–Kier alpha value is -2.94. The molecule has 5 rings (SSSR count). The molecule has 9 heteroatoms. The second-order valence-electron chi connectivity index (χ2n) is 7.31. The Morgan fingerprint density at radius 2 is 2.07 bits per heavy atom. The van der Waals surface area contributed by atoms with Crippen LogP contribution >= 0.6 is 11.8 Å². The van der Waals surface area contributed by atoms with Gasteiger partial charge < -0.3 is 4.42 Å². The maximum absolute atomic E-state index is 13.1. The van der Waals surface area contributed by atoms with Gasteiger partial charge in [-0.1, -0.05) is 41.6 Å². The Kier molecular flexibility index (Phi) is 4.67. The number of thioether (sulfide) groups is 1. The molecule has 0 N–H and O–H groups in total. The van der Waals surface area contributed by atoms with Crippen molar-refractivity contribution in [2.24, 2.45) is 5.10 Å². The first kappa shape index (κ1) is 18.1. The van der Waals surface area contributed by atoms with Gasteiger partial charge in [0.05, 0.1) is 23.8 Å². The molecule has 1 saturated carbocycles. The van der Waals surface area contributed by atoms with Gasteiger partial charge in [0.1, 0.15) is 11.8 Å². The number of nitrogens with zero attached hydrogens (tertiary/aromatic N) is 6. The van der Waals surface area contributed by atoms with Crippen molar-refractivity contribution in [2.75, 3.05) is 5.75 Å². The van der Waals surface area contributed by atoms with E-state index in [9.17, 15) is 4.79 Å². The van der Waals surface area contributed by atoms with Gasteiger partial charge in [-0.05, 0) is 47.9 Å². The Morgan fingerprint density at radius 1 is 1.24 bits per heavy atom. The first-order chi connectivity index (χ1) is 14.2. The van der Waals surface area contributed by atoms with Gasteiger partial charge in [0, 0.05) is 6.42 Å². The highest BCUT2D eigenvalue weighted by Crippen LogP contribution is 2.37. The number of tetrazole rings is 1. The fourth-order valence-electron chi connectivity index (χ4n) is 3.38. The summed E-state index contributed by atoms with van der Waals surface area (Å²) in [4.78, 5) is 13.1. The second-order valence-corrected chi connectivity index (χ2v) is 8.25. The van der Waals surface area contributed by atoms with Crippen molar-refractivity contribution in [2.45, 2.75) is 43.4 Å². The Bertz CT molecular complexity index is 1040. The molecule has 2 aromatic heterocycles. The highest BCUT2D eigenvalue weighted by Gasteiger charge is 2.35. The van der Waals surface area contributed by atoms with E-state index in [-0.39, 0.29) is 17.7 Å². The summed E-state index contributed by atoms with van der Waals surface area (Å²) in [6.45, 7) is 2.05. The Labute approximate surface area is 172 Å². The molecular formula is C20H20N6O2S. The van der Waals surface area contributed by atoms with E-state index >= 15 is 0 Å². The van der Waals surface area contributed by atoms with E-state index in [4.69, 9.17) is 4.42 Å². The van der Waals surface area contributed by atoms with Gasteiger partial charge in [-0.15, -0.1) is 5.10 Å². The molecule has 2 aliphatic rings. The van der Waals surface area contributed by atoms with Crippen LogP contribution in [0.3, 0.4) is 0 Å². The van der Waals surface area contributed by atoms with Crippen LogP contribution in [0, 0.1) is 6.92 Å². The summed E-state index contributed by atoms with van der Waals surface area (Å²) in [7, 11) is 0. The largest absolute Gasteiger partial charge is 0.467 e. The molecule has 8 nitrogen and oxygen atoms in total. The predicted octanol–water partition coefficient (Wildman–Crippen LogP) is 3.38. The lowest BCUT2D eigenvalue weighted by atomic mass is 10.0. The lowest BCUT2D eigenvalue weighted by Crippen LogP contribution is -2.28. The number of carbonyl (C=O) groups is 1. The molecular weight excluding hydrogens is 388 g/mol. The molecule has 0 radical (unpaired) electrons. The van der Waals surface area contributed by atoms with Crippen LogP contribution in [0.2, 0.25) is 0 Å². The zero-order valence-electron chi connectivity index (χ0n) is 15.9. The van der Waals surface area contributed by atoms with Crippen LogP contribution in [0.4, 0.5) is 0 Å². The fourth-order valence-corrected chi connectivity index (χ4v) is 4.18. The number of amides is 1. The minimum absolute atomic E-state index is 0.0936. The molecule has 1 amide bonds. The van der Waals surface area contributed by atoms with Crippen molar-refractivity contribution >= 4 is 23.4 Å². The number of furan rings is 1. The molecule has 3 aromatic rings. The Balaban J connectivity index is 1.36. The summed E-state index contributed by atoms with van der Waals surface area (Å²) < 4.78 is 7.41. The van der Waals surface area contributed by atoms with Crippen molar-refractivity contribution in [3.05, 3.63) is 59.5 Å². The third-order valence-electron chi connectivity index (χ3n) is 5.10. The van der Waals surface area contributed by atoms with E-state index in [0.717, 1.165) is 29.9 Å². The number of carbonyl (C=O) groups excluding carboxylic acids is 1. The minimum Gasteiger partial charge on any atom is -0.467 e. The molecule has 1 fully saturated rings. The number of hydrogen-bond acceptors (Lipinski definition) is 7. The summed E-state index contributed by atoms with van der Waals surface area (Å²) in [6.07, 6.45) is 4.42. The standard InChI is InChI=1S/C20H20N6O2S/c1-13-4-6-14(7-5-13)16-11-17(18-3-2-10-28-18)26(22-16)19(27)12-29-20-21-23-24-25(20)15-8-9-15/h2-7,10,15,17H,8-9,11-12H2,1H3. The first-order valence-corrected chi connectivity index (χ1v) is 10.6. The second kappa shape index (κ2) is 7.47. The SMILES string of the molecule is Cc1ccc(C2=NN(C(=O)CSc3nnnn3C3CC3)C(c3ccco3)C2)cc1. The summed E-state index contributed by atoms with van der Waals surface area (Å²) in [5, 5.41) is 18.7. The van der Waals surface area contributed by atoms with E-state index in [1.165, 1.54) is 17.3 Å². The molecule has 0 saturated heterocycles. The maximum atomic E-state index is 13.1. The highest BCUT2D eigenvalue weighted by molar-refractivity contribution is 7.99. The quantitative estimate of drug-likeness (QED) is 0.581. The smallest absolute Gasteiger partial charge is 0.253 e. The average molecular weight is 408 g/mol. The lowest BCUT2D eigenvalue weighted by Gasteiger charge is -2.19. The number of aromatic nitrogens is 4. The first-order valence-electron chi connectivity index (χ1n) is 9.59. The van der Waals surface area contributed by atoms with Crippen LogP contribution in [0.1, 0.15) is 48.2 Å². The van der Waals surface area contributed by atoms with E-state index in [1.807, 2.05) is 35.9 Å². The summed E-state index contributed by atoms with van der Waals surface area (Å²) in [6, 6.07) is 12.0. The molecule has 1 aromatic carbocycles. The highest BCUT2D eigenvalue weighted by atomic mass is 32.2. The molecule has 0 bridgehead atoms. The van der Waals surface area contributed by atoms with E-state index in [0.29, 0.717) is 17.6 Å². The molecule has 3 heterocycles. The molecule has 0 spiro atoms. The van der Waals surface area contributed by atoms with Crippen LogP contribution in [0.25, 0.3) is 0 Å². The molecule has 1 aliphatic heterocycles. The van der Waals surface area contributed by atoms with Crippen LogP contribution in [-0.4, -0.2) is 42.6 Å². The molecule has 1 aliphatic carbocycles. The van der Waals surface area contributed by atoms with Gasteiger partial charge in [0.25, 0.3) is 5.91 Å².